The van der Waals surface area contributed by atoms with Crippen LogP contribution in [0.1, 0.15) is 36.8 Å². The number of rotatable bonds is 4. The van der Waals surface area contributed by atoms with Gasteiger partial charge in [0, 0.05) is 24.8 Å². The van der Waals surface area contributed by atoms with E-state index in [9.17, 15) is 5.11 Å². The molecule has 2 N–H and O–H groups in total. The minimum Gasteiger partial charge on any atom is -0.395 e. The van der Waals surface area contributed by atoms with E-state index in [1.807, 2.05) is 0 Å². The Bertz CT molecular complexity index is 484. The van der Waals surface area contributed by atoms with E-state index in [0.717, 1.165) is 32.5 Å². The van der Waals surface area contributed by atoms with Gasteiger partial charge in [-0.25, -0.2) is 0 Å². The van der Waals surface area contributed by atoms with Crippen LogP contribution in [0.5, 0.6) is 0 Å². The van der Waals surface area contributed by atoms with Gasteiger partial charge in [-0.3, -0.25) is 4.90 Å². The summed E-state index contributed by atoms with van der Waals surface area (Å²) >= 11 is 0. The highest BCUT2D eigenvalue weighted by molar-refractivity contribution is 5.58. The van der Waals surface area contributed by atoms with E-state index in [0.29, 0.717) is 12.6 Å². The molecule has 1 unspecified atom stereocenters. The molecule has 0 aromatic heterocycles. The van der Waals surface area contributed by atoms with Gasteiger partial charge < -0.3 is 10.4 Å². The van der Waals surface area contributed by atoms with Gasteiger partial charge in [-0.15, -0.1) is 0 Å². The van der Waals surface area contributed by atoms with Crippen LogP contribution in [0.2, 0.25) is 0 Å². The maximum absolute atomic E-state index is 9.46. The quantitative estimate of drug-likeness (QED) is 0.883. The predicted octanol–water partition coefficient (Wildman–Crippen LogP) is 2.37. The Morgan fingerprint density at radius 1 is 1.25 bits per heavy atom. The molecule has 3 heteroatoms. The molecule has 0 amide bonds. The number of hydrogen-bond donors (Lipinski definition) is 2. The summed E-state index contributed by atoms with van der Waals surface area (Å²) in [7, 11) is 0. The van der Waals surface area contributed by atoms with Gasteiger partial charge in [0.25, 0.3) is 0 Å². The van der Waals surface area contributed by atoms with Crippen LogP contribution >= 0.6 is 0 Å². The highest BCUT2D eigenvalue weighted by atomic mass is 16.3. The molecule has 2 heterocycles. The lowest BCUT2D eigenvalue weighted by atomic mass is 10.0. The van der Waals surface area contributed by atoms with Crippen molar-refractivity contribution in [3.05, 3.63) is 41.1 Å². The molecular formula is C17H24N2O. The molecule has 0 radical (unpaired) electrons. The fraction of sp³-hybridized carbons (Fsp3) is 0.529. The average molecular weight is 272 g/mol. The van der Waals surface area contributed by atoms with E-state index < -0.39 is 0 Å². The molecule has 0 saturated carbocycles. The number of nitrogens with zero attached hydrogens (tertiary/aromatic N) is 1. The van der Waals surface area contributed by atoms with Crippen LogP contribution in [-0.4, -0.2) is 35.7 Å². The van der Waals surface area contributed by atoms with Crippen molar-refractivity contribution < 1.29 is 5.11 Å². The van der Waals surface area contributed by atoms with E-state index in [2.05, 4.69) is 40.6 Å². The molecule has 0 spiro atoms. The van der Waals surface area contributed by atoms with Gasteiger partial charge in [-0.05, 0) is 43.0 Å². The fourth-order valence-electron chi connectivity index (χ4n) is 3.27. The zero-order valence-electron chi connectivity index (χ0n) is 12.0. The molecule has 108 valence electrons. The van der Waals surface area contributed by atoms with Crippen LogP contribution in [0.25, 0.3) is 6.08 Å². The Morgan fingerprint density at radius 2 is 2.15 bits per heavy atom. The van der Waals surface area contributed by atoms with E-state index >= 15 is 0 Å². The molecule has 3 rings (SSSR count). The zero-order chi connectivity index (χ0) is 13.8. The SMILES string of the molecule is OCC1CCCCN1CCC1=Cc2ccccc2CN1. The first-order valence-corrected chi connectivity index (χ1v) is 7.74. The van der Waals surface area contributed by atoms with Crippen LogP contribution < -0.4 is 5.32 Å². The molecule has 1 fully saturated rings. The van der Waals surface area contributed by atoms with E-state index in [1.54, 1.807) is 0 Å². The van der Waals surface area contributed by atoms with Crippen molar-refractivity contribution in [3.63, 3.8) is 0 Å². The van der Waals surface area contributed by atoms with Gasteiger partial charge >= 0.3 is 0 Å². The maximum Gasteiger partial charge on any atom is 0.0586 e. The second-order valence-corrected chi connectivity index (χ2v) is 5.84. The van der Waals surface area contributed by atoms with Crippen LogP contribution in [-0.2, 0) is 6.54 Å². The first kappa shape index (κ1) is 13.7. The van der Waals surface area contributed by atoms with Crippen LogP contribution in [0.3, 0.4) is 0 Å². The van der Waals surface area contributed by atoms with Crippen LogP contribution in [0, 0.1) is 0 Å². The van der Waals surface area contributed by atoms with E-state index in [-0.39, 0.29) is 0 Å². The second-order valence-electron chi connectivity index (χ2n) is 5.84. The Hall–Kier alpha value is -1.32. The Morgan fingerprint density at radius 3 is 3.05 bits per heavy atom. The fourth-order valence-corrected chi connectivity index (χ4v) is 3.27. The molecule has 2 aliphatic heterocycles. The monoisotopic (exact) mass is 272 g/mol. The number of piperidine rings is 1. The lowest BCUT2D eigenvalue weighted by Gasteiger charge is -2.35. The van der Waals surface area contributed by atoms with Crippen molar-refractivity contribution in [1.82, 2.24) is 10.2 Å². The largest absolute Gasteiger partial charge is 0.395 e. The molecule has 2 aliphatic rings. The second kappa shape index (κ2) is 6.42. The molecule has 1 aromatic rings. The van der Waals surface area contributed by atoms with Crippen molar-refractivity contribution >= 4 is 6.08 Å². The summed E-state index contributed by atoms with van der Waals surface area (Å²) in [6.45, 7) is 3.42. The average Bonchev–Trinajstić information content (AvgIpc) is 2.53. The van der Waals surface area contributed by atoms with E-state index in [1.165, 1.54) is 29.7 Å². The number of nitrogens with one attached hydrogen (secondary N) is 1. The Balaban J connectivity index is 1.60. The van der Waals surface area contributed by atoms with Crippen molar-refractivity contribution in [1.29, 1.82) is 0 Å². The lowest BCUT2D eigenvalue weighted by molar-refractivity contribution is 0.0910. The first-order valence-electron chi connectivity index (χ1n) is 7.74. The summed E-state index contributed by atoms with van der Waals surface area (Å²) < 4.78 is 0. The third-order valence-corrected chi connectivity index (χ3v) is 4.52. The topological polar surface area (TPSA) is 35.5 Å². The summed E-state index contributed by atoms with van der Waals surface area (Å²) in [6, 6.07) is 8.94. The number of aliphatic hydroxyl groups excluding tert-OH is 1. The molecule has 0 bridgehead atoms. The van der Waals surface area contributed by atoms with Gasteiger partial charge in [0.15, 0.2) is 0 Å². The highest BCUT2D eigenvalue weighted by Gasteiger charge is 2.21. The Labute approximate surface area is 121 Å². The molecule has 20 heavy (non-hydrogen) atoms. The van der Waals surface area contributed by atoms with Crippen molar-refractivity contribution in [2.24, 2.45) is 0 Å². The normalized spacial score (nSPS) is 22.9. The van der Waals surface area contributed by atoms with Crippen molar-refractivity contribution in [2.45, 2.75) is 38.3 Å². The van der Waals surface area contributed by atoms with Gasteiger partial charge in [-0.1, -0.05) is 30.7 Å². The zero-order valence-corrected chi connectivity index (χ0v) is 12.0. The number of fused-ring (bicyclic) bond motifs is 1. The summed E-state index contributed by atoms with van der Waals surface area (Å²) in [6.07, 6.45) is 7.00. The lowest BCUT2D eigenvalue weighted by Crippen LogP contribution is -2.42. The molecule has 1 aromatic carbocycles. The number of benzene rings is 1. The summed E-state index contributed by atoms with van der Waals surface area (Å²) in [5, 5.41) is 13.0. The highest BCUT2D eigenvalue weighted by Crippen LogP contribution is 2.21. The molecule has 0 aliphatic carbocycles. The van der Waals surface area contributed by atoms with Crippen LogP contribution in [0.4, 0.5) is 0 Å². The minimum absolute atomic E-state index is 0.301. The summed E-state index contributed by atoms with van der Waals surface area (Å²) in [5.41, 5.74) is 4.05. The van der Waals surface area contributed by atoms with Crippen molar-refractivity contribution in [3.8, 4) is 0 Å². The van der Waals surface area contributed by atoms with Gasteiger partial charge in [0.1, 0.15) is 0 Å². The predicted molar refractivity (Wildman–Crippen MR) is 82.2 cm³/mol. The van der Waals surface area contributed by atoms with Crippen LogP contribution in [0.15, 0.2) is 30.0 Å². The standard InChI is InChI=1S/C17H24N2O/c20-13-17-7-3-4-9-19(17)10-8-16-11-14-5-1-2-6-15(14)12-18-16/h1-2,5-6,11,17-18,20H,3-4,7-10,12-13H2. The molecule has 1 atom stereocenters. The summed E-state index contributed by atoms with van der Waals surface area (Å²) in [5.74, 6) is 0. The van der Waals surface area contributed by atoms with Gasteiger partial charge in [-0.2, -0.15) is 0 Å². The molecular weight excluding hydrogens is 248 g/mol. The third kappa shape index (κ3) is 3.05. The van der Waals surface area contributed by atoms with Crippen molar-refractivity contribution in [2.75, 3.05) is 19.7 Å². The number of aliphatic hydroxyl groups is 1. The molecule has 3 nitrogen and oxygen atoms in total. The van der Waals surface area contributed by atoms with E-state index in [4.69, 9.17) is 0 Å². The van der Waals surface area contributed by atoms with Gasteiger partial charge in [0.2, 0.25) is 0 Å². The summed E-state index contributed by atoms with van der Waals surface area (Å²) in [4.78, 5) is 2.45. The smallest absolute Gasteiger partial charge is 0.0586 e. The molecule has 1 saturated heterocycles. The number of hydrogen-bond acceptors (Lipinski definition) is 3. The number of likely N-dealkylation sites (tertiary alicyclic amines) is 1. The van der Waals surface area contributed by atoms with Gasteiger partial charge in [0.05, 0.1) is 6.61 Å². The minimum atomic E-state index is 0.301. The maximum atomic E-state index is 9.46. The third-order valence-electron chi connectivity index (χ3n) is 4.52. The first-order chi connectivity index (χ1) is 9.86. The Kier molecular flexibility index (Phi) is 4.38.